The van der Waals surface area contributed by atoms with Crippen molar-refractivity contribution in [3.63, 3.8) is 0 Å². The number of Topliss-reactive ketones (excluding diaryl/α,β-unsaturated/α-hetero) is 1. The van der Waals surface area contributed by atoms with E-state index in [1.165, 1.54) is 25.6 Å². The van der Waals surface area contributed by atoms with Gasteiger partial charge in [0.25, 0.3) is 0 Å². The van der Waals surface area contributed by atoms with E-state index in [-0.39, 0.29) is 23.4 Å². The molecule has 0 saturated carbocycles. The van der Waals surface area contributed by atoms with E-state index in [0.717, 1.165) is 27.1 Å². The first kappa shape index (κ1) is 21.5. The molecule has 0 radical (unpaired) electrons. The predicted octanol–water partition coefficient (Wildman–Crippen LogP) is 4.74. The number of ketones is 1. The number of rotatable bonds is 6. The predicted molar refractivity (Wildman–Crippen MR) is 121 cm³/mol. The maximum atomic E-state index is 12.9. The number of carbonyl (C=O) groups excluding carboxylic acids is 3. The van der Waals surface area contributed by atoms with E-state index in [9.17, 15) is 14.4 Å². The minimum atomic E-state index is -0.293. The number of aromatic nitrogens is 1. The molecule has 2 amide bonds. The number of benzene rings is 2. The van der Waals surface area contributed by atoms with Crippen molar-refractivity contribution in [2.45, 2.75) is 32.7 Å². The van der Waals surface area contributed by atoms with Crippen molar-refractivity contribution < 1.29 is 14.4 Å². The van der Waals surface area contributed by atoms with Gasteiger partial charge in [0.1, 0.15) is 0 Å². The van der Waals surface area contributed by atoms with Gasteiger partial charge in [0, 0.05) is 30.5 Å². The Kier molecular flexibility index (Phi) is 6.52. The number of para-hydroxylation sites is 1. The number of anilines is 2. The molecule has 1 heterocycles. The van der Waals surface area contributed by atoms with Crippen LogP contribution in [0.4, 0.5) is 11.4 Å². The SMILES string of the molecule is CC(=O)Nc1ccc(C(=O)CSc2cc(C)c3cccc(C)c3n2)c(NC(C)=O)c1. The molecule has 3 rings (SSSR count). The summed E-state index contributed by atoms with van der Waals surface area (Å²) in [5.41, 5.74) is 4.41. The fourth-order valence-corrected chi connectivity index (χ4v) is 4.03. The maximum Gasteiger partial charge on any atom is 0.221 e. The van der Waals surface area contributed by atoms with Crippen molar-refractivity contribution in [1.82, 2.24) is 4.98 Å². The van der Waals surface area contributed by atoms with Crippen LogP contribution in [0, 0.1) is 13.8 Å². The minimum Gasteiger partial charge on any atom is -0.326 e. The van der Waals surface area contributed by atoms with Gasteiger partial charge in [-0.05, 0) is 49.2 Å². The summed E-state index contributed by atoms with van der Waals surface area (Å²) in [6.45, 7) is 6.82. The summed E-state index contributed by atoms with van der Waals surface area (Å²) in [4.78, 5) is 40.5. The smallest absolute Gasteiger partial charge is 0.221 e. The fourth-order valence-electron chi connectivity index (χ4n) is 3.18. The van der Waals surface area contributed by atoms with Gasteiger partial charge in [0.15, 0.2) is 5.78 Å². The average Bonchev–Trinajstić information content (AvgIpc) is 2.66. The van der Waals surface area contributed by atoms with Gasteiger partial charge in [-0.3, -0.25) is 14.4 Å². The van der Waals surface area contributed by atoms with E-state index in [4.69, 9.17) is 4.98 Å². The number of pyridine rings is 1. The van der Waals surface area contributed by atoms with Crippen LogP contribution >= 0.6 is 11.8 Å². The molecular weight excluding hydrogens is 398 g/mol. The highest BCUT2D eigenvalue weighted by molar-refractivity contribution is 7.99. The van der Waals surface area contributed by atoms with Gasteiger partial charge < -0.3 is 10.6 Å². The van der Waals surface area contributed by atoms with Crippen LogP contribution in [0.5, 0.6) is 0 Å². The van der Waals surface area contributed by atoms with Crippen LogP contribution in [0.25, 0.3) is 10.9 Å². The van der Waals surface area contributed by atoms with Crippen LogP contribution in [0.2, 0.25) is 0 Å². The molecule has 0 aliphatic rings. The van der Waals surface area contributed by atoms with Crippen LogP contribution in [-0.2, 0) is 9.59 Å². The molecule has 30 heavy (non-hydrogen) atoms. The van der Waals surface area contributed by atoms with Gasteiger partial charge in [-0.2, -0.15) is 0 Å². The molecule has 0 aliphatic carbocycles. The summed E-state index contributed by atoms with van der Waals surface area (Å²) >= 11 is 1.36. The van der Waals surface area contributed by atoms with Gasteiger partial charge in [-0.1, -0.05) is 30.0 Å². The van der Waals surface area contributed by atoms with E-state index >= 15 is 0 Å². The van der Waals surface area contributed by atoms with E-state index in [1.807, 2.05) is 38.1 Å². The summed E-state index contributed by atoms with van der Waals surface area (Å²) in [6, 6.07) is 12.9. The zero-order valence-electron chi connectivity index (χ0n) is 17.3. The monoisotopic (exact) mass is 421 g/mol. The van der Waals surface area contributed by atoms with Crippen molar-refractivity contribution in [2.24, 2.45) is 0 Å². The first-order valence-electron chi connectivity index (χ1n) is 9.47. The number of hydrogen-bond donors (Lipinski definition) is 2. The van der Waals surface area contributed by atoms with E-state index in [1.54, 1.807) is 18.2 Å². The summed E-state index contributed by atoms with van der Waals surface area (Å²) in [5.74, 6) is -0.483. The molecule has 3 aromatic rings. The Hall–Kier alpha value is -3.19. The van der Waals surface area contributed by atoms with E-state index in [2.05, 4.69) is 10.6 Å². The number of nitrogens with zero attached hydrogens (tertiary/aromatic N) is 1. The summed E-state index contributed by atoms with van der Waals surface area (Å²) in [6.07, 6.45) is 0. The summed E-state index contributed by atoms with van der Waals surface area (Å²) in [5, 5.41) is 7.21. The second-order valence-electron chi connectivity index (χ2n) is 7.08. The Morgan fingerprint density at radius 2 is 1.67 bits per heavy atom. The van der Waals surface area contributed by atoms with Gasteiger partial charge >= 0.3 is 0 Å². The largest absolute Gasteiger partial charge is 0.326 e. The van der Waals surface area contributed by atoms with Gasteiger partial charge in [-0.25, -0.2) is 4.98 Å². The van der Waals surface area contributed by atoms with E-state index in [0.29, 0.717) is 16.9 Å². The Labute approximate surface area is 179 Å². The molecule has 0 fully saturated rings. The molecule has 0 unspecified atom stereocenters. The molecule has 2 aromatic carbocycles. The highest BCUT2D eigenvalue weighted by atomic mass is 32.2. The third-order valence-electron chi connectivity index (χ3n) is 4.53. The topological polar surface area (TPSA) is 88.2 Å². The quantitative estimate of drug-likeness (QED) is 0.443. The molecule has 0 bridgehead atoms. The fraction of sp³-hybridized carbons (Fsp3) is 0.217. The Bertz CT molecular complexity index is 1160. The molecule has 2 N–H and O–H groups in total. The lowest BCUT2D eigenvalue weighted by Gasteiger charge is -2.12. The van der Waals surface area contributed by atoms with Crippen molar-refractivity contribution in [3.8, 4) is 0 Å². The second-order valence-corrected chi connectivity index (χ2v) is 8.08. The Morgan fingerprint density at radius 3 is 2.37 bits per heavy atom. The zero-order valence-corrected chi connectivity index (χ0v) is 18.1. The number of aryl methyl sites for hydroxylation is 2. The number of hydrogen-bond acceptors (Lipinski definition) is 5. The van der Waals surface area contributed by atoms with Crippen LogP contribution in [0.15, 0.2) is 47.5 Å². The normalized spacial score (nSPS) is 10.7. The highest BCUT2D eigenvalue weighted by Crippen LogP contribution is 2.28. The highest BCUT2D eigenvalue weighted by Gasteiger charge is 2.15. The maximum absolute atomic E-state index is 12.9. The van der Waals surface area contributed by atoms with Crippen LogP contribution in [0.1, 0.15) is 35.3 Å². The van der Waals surface area contributed by atoms with Gasteiger partial charge in [0.2, 0.25) is 11.8 Å². The number of amides is 2. The van der Waals surface area contributed by atoms with E-state index < -0.39 is 0 Å². The number of carbonyl (C=O) groups is 3. The second kappa shape index (κ2) is 9.09. The molecule has 0 aliphatic heterocycles. The molecule has 154 valence electrons. The molecule has 0 atom stereocenters. The number of nitrogens with one attached hydrogen (secondary N) is 2. The number of thioether (sulfide) groups is 1. The van der Waals surface area contributed by atoms with Crippen LogP contribution < -0.4 is 10.6 Å². The third-order valence-corrected chi connectivity index (χ3v) is 5.44. The van der Waals surface area contributed by atoms with Crippen LogP contribution in [-0.4, -0.2) is 28.3 Å². The van der Waals surface area contributed by atoms with Crippen molar-refractivity contribution in [1.29, 1.82) is 0 Å². The van der Waals surface area contributed by atoms with Crippen molar-refractivity contribution in [3.05, 3.63) is 59.2 Å². The van der Waals surface area contributed by atoms with Crippen molar-refractivity contribution >= 4 is 51.6 Å². The first-order valence-corrected chi connectivity index (χ1v) is 10.5. The minimum absolute atomic E-state index is 0.137. The summed E-state index contributed by atoms with van der Waals surface area (Å²) in [7, 11) is 0. The van der Waals surface area contributed by atoms with Crippen molar-refractivity contribution in [2.75, 3.05) is 16.4 Å². The molecule has 0 spiro atoms. The van der Waals surface area contributed by atoms with Gasteiger partial charge in [0.05, 0.1) is 22.0 Å². The lowest BCUT2D eigenvalue weighted by Crippen LogP contribution is -2.14. The first-order chi connectivity index (χ1) is 14.2. The van der Waals surface area contributed by atoms with Gasteiger partial charge in [-0.15, -0.1) is 0 Å². The molecular formula is C23H23N3O3S. The Balaban J connectivity index is 1.83. The summed E-state index contributed by atoms with van der Waals surface area (Å²) < 4.78 is 0. The molecule has 7 heteroatoms. The Morgan fingerprint density at radius 1 is 0.933 bits per heavy atom. The number of fused-ring (bicyclic) bond motifs is 1. The average molecular weight is 422 g/mol. The standard InChI is InChI=1S/C23H23N3O3S/c1-13-6-5-7-18-14(2)10-22(26-23(13)18)30-12-21(29)19-9-8-17(24-15(3)27)11-20(19)25-16(4)28/h5-11H,12H2,1-4H3,(H,24,27)(H,25,28). The lowest BCUT2D eigenvalue weighted by atomic mass is 10.1. The lowest BCUT2D eigenvalue weighted by molar-refractivity contribution is -0.115. The van der Waals surface area contributed by atoms with Crippen LogP contribution in [0.3, 0.4) is 0 Å². The molecule has 0 saturated heterocycles. The zero-order chi connectivity index (χ0) is 21.8. The third kappa shape index (κ3) is 5.04. The molecule has 6 nitrogen and oxygen atoms in total. The molecule has 1 aromatic heterocycles.